The number of alkyl halides is 6. The van der Waals surface area contributed by atoms with Crippen molar-refractivity contribution in [1.82, 2.24) is 4.90 Å². The second kappa shape index (κ2) is 9.68. The van der Waals surface area contributed by atoms with Crippen molar-refractivity contribution in [3.05, 3.63) is 71.4 Å². The summed E-state index contributed by atoms with van der Waals surface area (Å²) in [4.78, 5) is 26.7. The van der Waals surface area contributed by atoms with Crippen LogP contribution in [0.3, 0.4) is 0 Å². The van der Waals surface area contributed by atoms with Gasteiger partial charge in [-0.1, -0.05) is 24.3 Å². The number of hydrogen-bond acceptors (Lipinski definition) is 5. The van der Waals surface area contributed by atoms with Gasteiger partial charge in [-0.2, -0.15) is 13.2 Å². The highest BCUT2D eigenvalue weighted by Gasteiger charge is 2.48. The Kier molecular flexibility index (Phi) is 7.08. The van der Waals surface area contributed by atoms with Gasteiger partial charge in [0.2, 0.25) is 5.91 Å². The zero-order valence-electron chi connectivity index (χ0n) is 17.7. The van der Waals surface area contributed by atoms with Crippen molar-refractivity contribution in [2.75, 3.05) is 11.9 Å². The molecule has 186 valence electrons. The van der Waals surface area contributed by atoms with E-state index in [4.69, 9.17) is 11.1 Å². The van der Waals surface area contributed by atoms with Crippen molar-refractivity contribution in [1.29, 1.82) is 5.41 Å². The van der Waals surface area contributed by atoms with Gasteiger partial charge < -0.3 is 26.1 Å². The molecule has 7 nitrogen and oxygen atoms in total. The SMILES string of the molecule is N=C/C(=C\N)[C@@H]1[C@@H](C(=O)Nc2cccc(OC(F)(F)F)c2)c2ccccc2C(=O)N1CC(F)(F)F. The van der Waals surface area contributed by atoms with Crippen molar-refractivity contribution in [2.24, 2.45) is 5.73 Å². The monoisotopic (exact) mass is 500 g/mol. The molecule has 0 saturated carbocycles. The number of carbonyl (C=O) groups excluding carboxylic acids is 2. The van der Waals surface area contributed by atoms with Crippen molar-refractivity contribution in [3.63, 3.8) is 0 Å². The van der Waals surface area contributed by atoms with Crippen molar-refractivity contribution >= 4 is 23.7 Å². The fourth-order valence-electron chi connectivity index (χ4n) is 3.84. The fourth-order valence-corrected chi connectivity index (χ4v) is 3.84. The summed E-state index contributed by atoms with van der Waals surface area (Å²) in [5.74, 6) is -4.07. The summed E-state index contributed by atoms with van der Waals surface area (Å²) in [6.07, 6.45) is -8.38. The van der Waals surface area contributed by atoms with Crippen LogP contribution in [0, 0.1) is 5.41 Å². The van der Waals surface area contributed by atoms with Crippen LogP contribution in [0.25, 0.3) is 0 Å². The highest BCUT2D eigenvalue weighted by molar-refractivity contribution is 6.06. The van der Waals surface area contributed by atoms with E-state index in [1.165, 1.54) is 36.4 Å². The lowest BCUT2D eigenvalue weighted by Gasteiger charge is -2.42. The first kappa shape index (κ1) is 25.6. The molecule has 1 heterocycles. The van der Waals surface area contributed by atoms with Gasteiger partial charge in [0.15, 0.2) is 0 Å². The number of fused-ring (bicyclic) bond motifs is 1. The van der Waals surface area contributed by atoms with E-state index in [2.05, 4.69) is 10.1 Å². The third-order valence-corrected chi connectivity index (χ3v) is 5.11. The highest BCUT2D eigenvalue weighted by atomic mass is 19.4. The van der Waals surface area contributed by atoms with Gasteiger partial charge in [-0.25, -0.2) is 0 Å². The average molecular weight is 500 g/mol. The van der Waals surface area contributed by atoms with E-state index in [1.54, 1.807) is 0 Å². The summed E-state index contributed by atoms with van der Waals surface area (Å²) in [7, 11) is 0. The maximum Gasteiger partial charge on any atom is 0.573 e. The summed E-state index contributed by atoms with van der Waals surface area (Å²) >= 11 is 0. The van der Waals surface area contributed by atoms with Crippen LogP contribution in [0.2, 0.25) is 0 Å². The number of nitrogens with two attached hydrogens (primary N) is 1. The molecule has 4 N–H and O–H groups in total. The van der Waals surface area contributed by atoms with E-state index in [1.807, 2.05) is 0 Å². The van der Waals surface area contributed by atoms with Gasteiger partial charge in [0.1, 0.15) is 12.3 Å². The van der Waals surface area contributed by atoms with E-state index >= 15 is 0 Å². The molecule has 1 aliphatic rings. The first-order valence-corrected chi connectivity index (χ1v) is 9.90. The molecule has 2 amide bonds. The van der Waals surface area contributed by atoms with Crippen LogP contribution in [0.1, 0.15) is 21.8 Å². The maximum atomic E-state index is 13.4. The van der Waals surface area contributed by atoms with Crippen molar-refractivity contribution < 1.29 is 40.7 Å². The molecule has 2 aromatic rings. The van der Waals surface area contributed by atoms with E-state index in [0.29, 0.717) is 11.1 Å². The number of benzene rings is 2. The quantitative estimate of drug-likeness (QED) is 0.408. The normalized spacial score (nSPS) is 18.6. The van der Waals surface area contributed by atoms with E-state index in [0.717, 1.165) is 18.3 Å². The smallest absolute Gasteiger partial charge is 0.406 e. The Morgan fingerprint density at radius 3 is 2.40 bits per heavy atom. The molecule has 2 atom stereocenters. The molecule has 2 aromatic carbocycles. The molecule has 0 radical (unpaired) electrons. The summed E-state index contributed by atoms with van der Waals surface area (Å²) < 4.78 is 81.6. The summed E-state index contributed by atoms with van der Waals surface area (Å²) in [6.45, 7) is -1.73. The van der Waals surface area contributed by atoms with Crippen LogP contribution in [0.15, 0.2) is 60.3 Å². The number of nitrogens with one attached hydrogen (secondary N) is 2. The predicted octanol–water partition coefficient (Wildman–Crippen LogP) is 4.19. The van der Waals surface area contributed by atoms with Gasteiger partial charge in [-0.15, -0.1) is 13.2 Å². The van der Waals surface area contributed by atoms with Gasteiger partial charge in [0.25, 0.3) is 5.91 Å². The first-order valence-electron chi connectivity index (χ1n) is 9.90. The lowest BCUT2D eigenvalue weighted by molar-refractivity contribution is -0.274. The zero-order valence-corrected chi connectivity index (χ0v) is 17.7. The fraction of sp³-hybridized carbons (Fsp3) is 0.227. The number of amides is 2. The van der Waals surface area contributed by atoms with Crippen molar-refractivity contribution in [3.8, 4) is 5.75 Å². The van der Waals surface area contributed by atoms with Gasteiger partial charge in [0, 0.05) is 35.3 Å². The molecule has 0 aliphatic carbocycles. The third-order valence-electron chi connectivity index (χ3n) is 5.11. The minimum absolute atomic E-state index is 0.0716. The molecule has 1 aliphatic heterocycles. The number of nitrogens with zero attached hydrogens (tertiary/aromatic N) is 1. The van der Waals surface area contributed by atoms with Crippen molar-refractivity contribution in [2.45, 2.75) is 24.5 Å². The number of rotatable bonds is 6. The lowest BCUT2D eigenvalue weighted by atomic mass is 9.79. The minimum atomic E-state index is -4.99. The van der Waals surface area contributed by atoms with Crippen LogP contribution in [0.5, 0.6) is 5.75 Å². The molecule has 35 heavy (non-hydrogen) atoms. The molecule has 0 aromatic heterocycles. The van der Waals surface area contributed by atoms with E-state index in [9.17, 15) is 35.9 Å². The standard InChI is InChI=1S/C22H18F6N4O3/c23-21(24,25)11-32-18(12(9-29)10-30)17(15-6-1-2-7-16(15)20(32)34)19(33)31-13-4-3-5-14(8-13)35-22(26,27)28/h1-10,17-18,29H,11,30H2,(H,31,33)/b12-10+,29-9?/t17-,18+/m0/s1. The Hall–Kier alpha value is -4.03. The van der Waals surface area contributed by atoms with Crippen LogP contribution in [-0.2, 0) is 4.79 Å². The highest BCUT2D eigenvalue weighted by Crippen LogP contribution is 2.39. The Balaban J connectivity index is 2.08. The Morgan fingerprint density at radius 2 is 1.80 bits per heavy atom. The second-order valence-electron chi connectivity index (χ2n) is 7.43. The number of anilines is 1. The van der Waals surface area contributed by atoms with Gasteiger partial charge in [-0.3, -0.25) is 9.59 Å². The summed E-state index contributed by atoms with van der Waals surface area (Å²) in [5, 5.41) is 9.94. The average Bonchev–Trinajstić information content (AvgIpc) is 2.75. The Morgan fingerprint density at radius 1 is 1.11 bits per heavy atom. The topological polar surface area (TPSA) is 109 Å². The molecular weight excluding hydrogens is 482 g/mol. The minimum Gasteiger partial charge on any atom is -0.406 e. The van der Waals surface area contributed by atoms with Crippen LogP contribution < -0.4 is 15.8 Å². The molecule has 13 heteroatoms. The molecule has 0 fully saturated rings. The molecule has 0 bridgehead atoms. The van der Waals surface area contributed by atoms with E-state index in [-0.39, 0.29) is 22.4 Å². The van der Waals surface area contributed by atoms with Crippen LogP contribution in [0.4, 0.5) is 32.0 Å². The Bertz CT molecular complexity index is 1160. The number of carbonyl (C=O) groups is 2. The summed E-state index contributed by atoms with van der Waals surface area (Å²) in [6, 6.07) is 8.19. The van der Waals surface area contributed by atoms with E-state index < -0.39 is 48.6 Å². The Labute approximate surface area is 194 Å². The van der Waals surface area contributed by atoms with Crippen LogP contribution >= 0.6 is 0 Å². The third kappa shape index (κ3) is 5.91. The molecular formula is C22H18F6N4O3. The number of ether oxygens (including phenoxy) is 1. The predicted molar refractivity (Wildman–Crippen MR) is 113 cm³/mol. The molecule has 3 rings (SSSR count). The molecule has 0 spiro atoms. The zero-order chi connectivity index (χ0) is 26.0. The molecule has 0 unspecified atom stereocenters. The van der Waals surface area contributed by atoms with Gasteiger partial charge >= 0.3 is 12.5 Å². The first-order chi connectivity index (χ1) is 16.3. The summed E-state index contributed by atoms with van der Waals surface area (Å²) in [5.41, 5.74) is 5.04. The lowest BCUT2D eigenvalue weighted by Crippen LogP contribution is -2.55. The number of halogens is 6. The maximum absolute atomic E-state index is 13.4. The van der Waals surface area contributed by atoms with Gasteiger partial charge in [-0.05, 0) is 23.8 Å². The number of hydrogen-bond donors (Lipinski definition) is 3. The van der Waals surface area contributed by atoms with Crippen LogP contribution in [-0.4, -0.2) is 48.1 Å². The van der Waals surface area contributed by atoms with Gasteiger partial charge in [0.05, 0.1) is 12.0 Å². The largest absolute Gasteiger partial charge is 0.573 e. The molecule has 0 saturated heterocycles. The second-order valence-corrected chi connectivity index (χ2v) is 7.43.